The lowest BCUT2D eigenvalue weighted by Crippen LogP contribution is -2.32. The molecule has 2 rings (SSSR count). The number of rotatable bonds is 7. The van der Waals surface area contributed by atoms with E-state index in [0.717, 1.165) is 5.56 Å². The maximum absolute atomic E-state index is 12.6. The van der Waals surface area contributed by atoms with Gasteiger partial charge < -0.3 is 14.8 Å². The zero-order valence-corrected chi connectivity index (χ0v) is 17.3. The van der Waals surface area contributed by atoms with E-state index >= 15 is 0 Å². The smallest absolute Gasteiger partial charge is 0.258 e. The quantitative estimate of drug-likeness (QED) is 0.501. The van der Waals surface area contributed by atoms with Crippen LogP contribution in [0, 0.1) is 6.92 Å². The Hall–Kier alpha value is -2.64. The first kappa shape index (κ1) is 21.7. The largest absolute Gasteiger partial charge is 0.493 e. The summed E-state index contributed by atoms with van der Waals surface area (Å²) < 4.78 is 10.3. The SMILES string of the molecule is COc1ccc(NC(=O)C(N=Nc2cccc(C)c2Cl)C(C)=O)c(Cl)c1OC. The van der Waals surface area contributed by atoms with Crippen molar-refractivity contribution in [3.05, 3.63) is 45.9 Å². The van der Waals surface area contributed by atoms with E-state index < -0.39 is 17.7 Å². The predicted molar refractivity (Wildman–Crippen MR) is 108 cm³/mol. The summed E-state index contributed by atoms with van der Waals surface area (Å²) >= 11 is 12.4. The number of anilines is 1. The highest BCUT2D eigenvalue weighted by molar-refractivity contribution is 6.35. The first-order valence-corrected chi connectivity index (χ1v) is 8.93. The number of hydrogen-bond acceptors (Lipinski definition) is 6. The van der Waals surface area contributed by atoms with Crippen LogP contribution in [-0.4, -0.2) is 32.0 Å². The number of nitrogens with zero attached hydrogens (tertiary/aromatic N) is 2. The number of ether oxygens (including phenoxy) is 2. The highest BCUT2D eigenvalue weighted by Crippen LogP contribution is 2.40. The van der Waals surface area contributed by atoms with Gasteiger partial charge in [-0.2, -0.15) is 10.2 Å². The third kappa shape index (κ3) is 4.79. The lowest BCUT2D eigenvalue weighted by molar-refractivity contribution is -0.126. The topological polar surface area (TPSA) is 89.4 Å². The van der Waals surface area contributed by atoms with Crippen LogP contribution in [0.15, 0.2) is 40.6 Å². The van der Waals surface area contributed by atoms with Gasteiger partial charge in [0.05, 0.1) is 24.9 Å². The lowest BCUT2D eigenvalue weighted by atomic mass is 10.2. The van der Waals surface area contributed by atoms with Gasteiger partial charge in [-0.1, -0.05) is 35.3 Å². The number of hydrogen-bond donors (Lipinski definition) is 1. The highest BCUT2D eigenvalue weighted by Gasteiger charge is 2.25. The second-order valence-electron chi connectivity index (χ2n) is 5.79. The van der Waals surface area contributed by atoms with Gasteiger partial charge in [-0.05, 0) is 37.6 Å². The third-order valence-corrected chi connectivity index (χ3v) is 4.70. The fourth-order valence-electron chi connectivity index (χ4n) is 2.33. The Kier molecular flexibility index (Phi) is 7.37. The monoisotopic (exact) mass is 423 g/mol. The number of benzene rings is 2. The van der Waals surface area contributed by atoms with Crippen LogP contribution >= 0.6 is 23.2 Å². The molecule has 1 amide bonds. The molecule has 148 valence electrons. The van der Waals surface area contributed by atoms with E-state index in [1.54, 1.807) is 18.2 Å². The minimum Gasteiger partial charge on any atom is -0.493 e. The molecule has 1 N–H and O–H groups in total. The van der Waals surface area contributed by atoms with E-state index in [1.165, 1.54) is 27.2 Å². The zero-order valence-electron chi connectivity index (χ0n) is 15.7. The standard InChI is InChI=1S/C19H19Cl2N3O4/c1-10-6-5-7-13(15(10)20)23-24-17(11(2)25)19(26)22-12-8-9-14(27-3)18(28-4)16(12)21/h5-9,17H,1-4H3,(H,22,26). The molecule has 2 aromatic rings. The van der Waals surface area contributed by atoms with Gasteiger partial charge in [0, 0.05) is 0 Å². The Morgan fingerprint density at radius 1 is 1.07 bits per heavy atom. The van der Waals surface area contributed by atoms with Crippen LogP contribution < -0.4 is 14.8 Å². The first-order chi connectivity index (χ1) is 13.3. The zero-order chi connectivity index (χ0) is 20.8. The number of amides is 1. The number of ketones is 1. The van der Waals surface area contributed by atoms with Crippen molar-refractivity contribution in [1.82, 2.24) is 0 Å². The summed E-state index contributed by atoms with van der Waals surface area (Å²) in [6.45, 7) is 3.06. The Balaban J connectivity index is 2.28. The molecule has 0 aromatic heterocycles. The van der Waals surface area contributed by atoms with Crippen molar-refractivity contribution in [2.24, 2.45) is 10.2 Å². The molecule has 0 aliphatic heterocycles. The maximum atomic E-state index is 12.6. The van der Waals surface area contributed by atoms with Gasteiger partial charge in [0.1, 0.15) is 10.7 Å². The molecule has 0 aliphatic rings. The molecule has 0 spiro atoms. The summed E-state index contributed by atoms with van der Waals surface area (Å²) in [6, 6.07) is 6.96. The van der Waals surface area contributed by atoms with Crippen molar-refractivity contribution >= 4 is 46.3 Å². The molecular formula is C19H19Cl2N3O4. The average molecular weight is 424 g/mol. The summed E-state index contributed by atoms with van der Waals surface area (Å²) in [5.41, 5.74) is 1.42. The molecule has 0 bridgehead atoms. The van der Waals surface area contributed by atoms with Gasteiger partial charge in [0.15, 0.2) is 17.3 Å². The normalized spacial score (nSPS) is 11.9. The molecular weight excluding hydrogens is 405 g/mol. The van der Waals surface area contributed by atoms with Gasteiger partial charge in [-0.15, -0.1) is 0 Å². The number of carbonyl (C=O) groups excluding carboxylic acids is 2. The van der Waals surface area contributed by atoms with Crippen LogP contribution in [0.3, 0.4) is 0 Å². The summed E-state index contributed by atoms with van der Waals surface area (Å²) in [6.07, 6.45) is 0. The second-order valence-corrected chi connectivity index (χ2v) is 6.54. The molecule has 28 heavy (non-hydrogen) atoms. The highest BCUT2D eigenvalue weighted by atomic mass is 35.5. The number of halogens is 2. The fraction of sp³-hybridized carbons (Fsp3) is 0.263. The van der Waals surface area contributed by atoms with E-state index in [9.17, 15) is 9.59 Å². The van der Waals surface area contributed by atoms with Gasteiger partial charge in [0.2, 0.25) is 6.04 Å². The van der Waals surface area contributed by atoms with E-state index in [-0.39, 0.29) is 16.5 Å². The van der Waals surface area contributed by atoms with Crippen molar-refractivity contribution < 1.29 is 19.1 Å². The summed E-state index contributed by atoms with van der Waals surface area (Å²) in [7, 11) is 2.89. The van der Waals surface area contributed by atoms with Crippen LogP contribution in [0.1, 0.15) is 12.5 Å². The summed E-state index contributed by atoms with van der Waals surface area (Å²) in [4.78, 5) is 24.5. The molecule has 0 heterocycles. The molecule has 0 saturated heterocycles. The minimum absolute atomic E-state index is 0.135. The van der Waals surface area contributed by atoms with Crippen LogP contribution in [-0.2, 0) is 9.59 Å². The van der Waals surface area contributed by atoms with Crippen molar-refractivity contribution in [2.45, 2.75) is 19.9 Å². The number of aryl methyl sites for hydroxylation is 1. The van der Waals surface area contributed by atoms with E-state index in [4.69, 9.17) is 32.7 Å². The number of Topliss-reactive ketones (excluding diaryl/α,β-unsaturated/α-hetero) is 1. The molecule has 0 aliphatic carbocycles. The summed E-state index contributed by atoms with van der Waals surface area (Å²) in [5.74, 6) is -0.507. The van der Waals surface area contributed by atoms with E-state index in [1.807, 2.05) is 13.0 Å². The number of azo groups is 1. The summed E-state index contributed by atoms with van der Waals surface area (Å²) in [5, 5.41) is 10.9. The van der Waals surface area contributed by atoms with Gasteiger partial charge >= 0.3 is 0 Å². The van der Waals surface area contributed by atoms with Crippen molar-refractivity contribution in [2.75, 3.05) is 19.5 Å². The van der Waals surface area contributed by atoms with Gasteiger partial charge in [-0.25, -0.2) is 0 Å². The van der Waals surface area contributed by atoms with Gasteiger partial charge in [0.25, 0.3) is 5.91 Å². The molecule has 0 radical (unpaired) electrons. The lowest BCUT2D eigenvalue weighted by Gasteiger charge is -2.14. The molecule has 2 aromatic carbocycles. The maximum Gasteiger partial charge on any atom is 0.258 e. The Morgan fingerprint density at radius 2 is 1.79 bits per heavy atom. The van der Waals surface area contributed by atoms with Crippen molar-refractivity contribution in [3.63, 3.8) is 0 Å². The van der Waals surface area contributed by atoms with Crippen LogP contribution in [0.4, 0.5) is 11.4 Å². The molecule has 7 nitrogen and oxygen atoms in total. The predicted octanol–water partition coefficient (Wildman–Crippen LogP) is 5.00. The first-order valence-electron chi connectivity index (χ1n) is 8.17. The van der Waals surface area contributed by atoms with E-state index in [0.29, 0.717) is 16.5 Å². The van der Waals surface area contributed by atoms with Crippen LogP contribution in [0.25, 0.3) is 0 Å². The molecule has 9 heteroatoms. The molecule has 1 unspecified atom stereocenters. The Bertz CT molecular complexity index is 932. The molecule has 1 atom stereocenters. The number of carbonyl (C=O) groups is 2. The van der Waals surface area contributed by atoms with Crippen LogP contribution in [0.5, 0.6) is 11.5 Å². The average Bonchev–Trinajstić information content (AvgIpc) is 2.66. The Morgan fingerprint density at radius 3 is 2.39 bits per heavy atom. The molecule has 0 saturated carbocycles. The van der Waals surface area contributed by atoms with E-state index in [2.05, 4.69) is 15.5 Å². The second kappa shape index (κ2) is 9.52. The fourth-order valence-corrected chi connectivity index (χ4v) is 2.78. The molecule has 0 fully saturated rings. The third-order valence-electron chi connectivity index (χ3n) is 3.83. The number of nitrogens with one attached hydrogen (secondary N) is 1. The van der Waals surface area contributed by atoms with Crippen LogP contribution in [0.2, 0.25) is 10.0 Å². The minimum atomic E-state index is -1.36. The Labute approximate surface area is 172 Å². The number of methoxy groups -OCH3 is 2. The van der Waals surface area contributed by atoms with Gasteiger partial charge in [-0.3, -0.25) is 9.59 Å². The van der Waals surface area contributed by atoms with Crippen molar-refractivity contribution in [3.8, 4) is 11.5 Å². The van der Waals surface area contributed by atoms with Crippen molar-refractivity contribution in [1.29, 1.82) is 0 Å².